The molecule has 6 nitrogen and oxygen atoms in total. The highest BCUT2D eigenvalue weighted by Crippen LogP contribution is 2.14. The van der Waals surface area contributed by atoms with Gasteiger partial charge in [-0.3, -0.25) is 14.5 Å². The summed E-state index contributed by atoms with van der Waals surface area (Å²) in [4.78, 5) is 34.2. The summed E-state index contributed by atoms with van der Waals surface area (Å²) in [7, 11) is 0. The summed E-state index contributed by atoms with van der Waals surface area (Å²) in [6.07, 6.45) is 1.77. The second-order valence-electron chi connectivity index (χ2n) is 6.92. The van der Waals surface area contributed by atoms with Crippen LogP contribution in [-0.2, 0) is 6.54 Å². The SMILES string of the molecule is O=C(NC1CCN(Cc2nc3ccccc3c(=O)[nH]2)CC1)c1ccccc1. The van der Waals surface area contributed by atoms with Crippen LogP contribution in [0.25, 0.3) is 10.9 Å². The van der Waals surface area contributed by atoms with Crippen molar-refractivity contribution in [2.45, 2.75) is 25.4 Å². The van der Waals surface area contributed by atoms with Gasteiger partial charge in [-0.1, -0.05) is 30.3 Å². The number of aromatic amines is 1. The fraction of sp³-hybridized carbons (Fsp3) is 0.286. The van der Waals surface area contributed by atoms with E-state index in [9.17, 15) is 9.59 Å². The average Bonchev–Trinajstić information content (AvgIpc) is 2.70. The lowest BCUT2D eigenvalue weighted by atomic mass is 10.0. The standard InChI is InChI=1S/C21H22N4O2/c26-20(15-6-2-1-3-7-15)22-16-10-12-25(13-11-16)14-19-23-18-9-5-4-8-17(18)21(27)24-19/h1-9,16H,10-14H2,(H,22,26)(H,23,24,27). The van der Waals surface area contributed by atoms with Crippen molar-refractivity contribution in [1.82, 2.24) is 20.2 Å². The molecule has 0 saturated carbocycles. The van der Waals surface area contributed by atoms with E-state index >= 15 is 0 Å². The number of H-pyrrole nitrogens is 1. The minimum absolute atomic E-state index is 0.0189. The molecule has 0 unspecified atom stereocenters. The molecule has 1 fully saturated rings. The van der Waals surface area contributed by atoms with Gasteiger partial charge in [0.25, 0.3) is 11.5 Å². The van der Waals surface area contributed by atoms with Gasteiger partial charge in [0.2, 0.25) is 0 Å². The van der Waals surface area contributed by atoms with Crippen LogP contribution in [-0.4, -0.2) is 39.9 Å². The van der Waals surface area contributed by atoms with Crippen molar-refractivity contribution in [1.29, 1.82) is 0 Å². The molecule has 0 bridgehead atoms. The van der Waals surface area contributed by atoms with E-state index in [1.54, 1.807) is 6.07 Å². The first-order valence-electron chi connectivity index (χ1n) is 9.25. The molecule has 1 saturated heterocycles. The molecule has 0 aliphatic carbocycles. The number of likely N-dealkylation sites (tertiary alicyclic amines) is 1. The normalized spacial score (nSPS) is 15.7. The van der Waals surface area contributed by atoms with Crippen LogP contribution in [0.2, 0.25) is 0 Å². The Kier molecular flexibility index (Phi) is 4.98. The van der Waals surface area contributed by atoms with Gasteiger partial charge >= 0.3 is 0 Å². The van der Waals surface area contributed by atoms with E-state index in [-0.39, 0.29) is 17.5 Å². The number of nitrogens with one attached hydrogen (secondary N) is 2. The number of rotatable bonds is 4. The third-order valence-corrected chi connectivity index (χ3v) is 4.99. The Labute approximate surface area is 157 Å². The molecule has 3 aromatic rings. The van der Waals surface area contributed by atoms with Gasteiger partial charge in [-0.25, -0.2) is 4.98 Å². The van der Waals surface area contributed by atoms with Crippen LogP contribution in [0.4, 0.5) is 0 Å². The van der Waals surface area contributed by atoms with Crippen molar-refractivity contribution < 1.29 is 4.79 Å². The van der Waals surface area contributed by atoms with E-state index in [1.165, 1.54) is 0 Å². The minimum Gasteiger partial charge on any atom is -0.349 e. The predicted molar refractivity (Wildman–Crippen MR) is 105 cm³/mol. The number of hydrogen-bond acceptors (Lipinski definition) is 4. The summed E-state index contributed by atoms with van der Waals surface area (Å²) in [6.45, 7) is 2.33. The van der Waals surface area contributed by atoms with Gasteiger partial charge in [-0.2, -0.15) is 0 Å². The molecule has 138 valence electrons. The molecule has 0 atom stereocenters. The summed E-state index contributed by atoms with van der Waals surface area (Å²) in [5.74, 6) is 0.667. The number of fused-ring (bicyclic) bond motifs is 1. The number of hydrogen-bond donors (Lipinski definition) is 2. The Morgan fingerprint density at radius 3 is 2.56 bits per heavy atom. The largest absolute Gasteiger partial charge is 0.349 e. The summed E-state index contributed by atoms with van der Waals surface area (Å²) < 4.78 is 0. The molecule has 1 amide bonds. The number of nitrogens with zero attached hydrogens (tertiary/aromatic N) is 2. The van der Waals surface area contributed by atoms with E-state index in [1.807, 2.05) is 48.5 Å². The van der Waals surface area contributed by atoms with Crippen molar-refractivity contribution in [3.8, 4) is 0 Å². The quantitative estimate of drug-likeness (QED) is 0.747. The lowest BCUT2D eigenvalue weighted by Gasteiger charge is -2.32. The van der Waals surface area contributed by atoms with E-state index < -0.39 is 0 Å². The first-order chi connectivity index (χ1) is 13.2. The molecule has 0 spiro atoms. The van der Waals surface area contributed by atoms with Crippen molar-refractivity contribution in [3.63, 3.8) is 0 Å². The molecule has 27 heavy (non-hydrogen) atoms. The third-order valence-electron chi connectivity index (χ3n) is 4.99. The number of para-hydroxylation sites is 1. The number of benzene rings is 2. The van der Waals surface area contributed by atoms with Crippen LogP contribution in [0.15, 0.2) is 59.4 Å². The molecular formula is C21H22N4O2. The average molecular weight is 362 g/mol. The molecule has 4 rings (SSSR count). The van der Waals surface area contributed by atoms with Crippen LogP contribution in [0.5, 0.6) is 0 Å². The number of amides is 1. The van der Waals surface area contributed by atoms with Crippen LogP contribution >= 0.6 is 0 Å². The second-order valence-corrected chi connectivity index (χ2v) is 6.92. The van der Waals surface area contributed by atoms with Gasteiger partial charge in [0.05, 0.1) is 17.4 Å². The van der Waals surface area contributed by atoms with E-state index in [2.05, 4.69) is 20.2 Å². The lowest BCUT2D eigenvalue weighted by molar-refractivity contribution is 0.0908. The molecule has 1 aliphatic heterocycles. The first kappa shape index (κ1) is 17.4. The number of aromatic nitrogens is 2. The van der Waals surface area contributed by atoms with E-state index in [0.29, 0.717) is 23.3 Å². The van der Waals surface area contributed by atoms with Crippen molar-refractivity contribution in [2.24, 2.45) is 0 Å². The molecule has 1 aromatic heterocycles. The Bertz CT molecular complexity index is 992. The summed E-state index contributed by atoms with van der Waals surface area (Å²) in [5.41, 5.74) is 1.32. The topological polar surface area (TPSA) is 78.1 Å². The van der Waals surface area contributed by atoms with Crippen LogP contribution < -0.4 is 10.9 Å². The highest BCUT2D eigenvalue weighted by Gasteiger charge is 2.21. The van der Waals surface area contributed by atoms with Crippen LogP contribution in [0.1, 0.15) is 29.0 Å². The zero-order chi connectivity index (χ0) is 18.6. The van der Waals surface area contributed by atoms with Gasteiger partial charge in [-0.15, -0.1) is 0 Å². The van der Waals surface area contributed by atoms with E-state index in [0.717, 1.165) is 31.4 Å². The number of carbonyl (C=O) groups is 1. The van der Waals surface area contributed by atoms with Crippen LogP contribution in [0.3, 0.4) is 0 Å². The maximum absolute atomic E-state index is 12.3. The van der Waals surface area contributed by atoms with Crippen LogP contribution in [0, 0.1) is 0 Å². The van der Waals surface area contributed by atoms with Crippen molar-refractivity contribution in [2.75, 3.05) is 13.1 Å². The second kappa shape index (κ2) is 7.72. The molecule has 1 aliphatic rings. The zero-order valence-corrected chi connectivity index (χ0v) is 15.0. The Hall–Kier alpha value is -2.99. The molecule has 2 heterocycles. The molecule has 2 N–H and O–H groups in total. The summed E-state index contributed by atoms with van der Waals surface area (Å²) in [6, 6.07) is 16.8. The highest BCUT2D eigenvalue weighted by molar-refractivity contribution is 5.94. The zero-order valence-electron chi connectivity index (χ0n) is 15.0. The van der Waals surface area contributed by atoms with Gasteiger partial charge in [0.15, 0.2) is 0 Å². The van der Waals surface area contributed by atoms with Crippen molar-refractivity contribution in [3.05, 3.63) is 76.3 Å². The maximum Gasteiger partial charge on any atom is 0.258 e. The molecule has 2 aromatic carbocycles. The maximum atomic E-state index is 12.3. The Morgan fingerprint density at radius 2 is 1.78 bits per heavy atom. The molecule has 0 radical (unpaired) electrons. The predicted octanol–water partition coefficient (Wildman–Crippen LogP) is 2.32. The van der Waals surface area contributed by atoms with Gasteiger partial charge in [0, 0.05) is 24.7 Å². The van der Waals surface area contributed by atoms with E-state index in [4.69, 9.17) is 0 Å². The number of carbonyl (C=O) groups excluding carboxylic acids is 1. The monoisotopic (exact) mass is 362 g/mol. The molecule has 6 heteroatoms. The first-order valence-corrected chi connectivity index (χ1v) is 9.25. The van der Waals surface area contributed by atoms with Crippen molar-refractivity contribution >= 4 is 16.8 Å². The Morgan fingerprint density at radius 1 is 1.07 bits per heavy atom. The van der Waals surface area contributed by atoms with Gasteiger partial charge in [0.1, 0.15) is 5.82 Å². The lowest BCUT2D eigenvalue weighted by Crippen LogP contribution is -2.44. The Balaban J connectivity index is 1.34. The summed E-state index contributed by atoms with van der Waals surface area (Å²) >= 11 is 0. The fourth-order valence-corrected chi connectivity index (χ4v) is 3.52. The smallest absolute Gasteiger partial charge is 0.258 e. The van der Waals surface area contributed by atoms with Gasteiger partial charge in [-0.05, 0) is 37.1 Å². The molecular weight excluding hydrogens is 340 g/mol. The third kappa shape index (κ3) is 4.06. The van der Waals surface area contributed by atoms with Gasteiger partial charge < -0.3 is 10.3 Å². The minimum atomic E-state index is -0.0967. The number of piperidine rings is 1. The highest BCUT2D eigenvalue weighted by atomic mass is 16.1. The fourth-order valence-electron chi connectivity index (χ4n) is 3.52. The summed E-state index contributed by atoms with van der Waals surface area (Å²) in [5, 5.41) is 3.73.